The molecule has 1 heterocycles. The Balaban J connectivity index is 2.64. The molecule has 0 radical (unpaired) electrons. The molecule has 1 aromatic carbocycles. The number of hydrogen-bond acceptors (Lipinski definition) is 4. The van der Waals surface area contributed by atoms with Crippen LogP contribution in [0.15, 0.2) is 29.3 Å². The summed E-state index contributed by atoms with van der Waals surface area (Å²) in [7, 11) is 0. The van der Waals surface area contributed by atoms with E-state index in [1.54, 1.807) is 11.8 Å². The zero-order valence-electron chi connectivity index (χ0n) is 10.2. The molecule has 2 aromatic rings. The first-order valence-corrected chi connectivity index (χ1v) is 6.59. The van der Waals surface area contributed by atoms with Gasteiger partial charge in [-0.2, -0.15) is 0 Å². The normalized spacial score (nSPS) is 10.5. The summed E-state index contributed by atoms with van der Waals surface area (Å²) in [6.07, 6.45) is 1.98. The number of aryl methyl sites for hydroxylation is 2. The summed E-state index contributed by atoms with van der Waals surface area (Å²) in [4.78, 5) is 8.49. The molecule has 0 unspecified atom stereocenters. The molecule has 0 fully saturated rings. The number of nitrogens with two attached hydrogens (primary N) is 1. The van der Waals surface area contributed by atoms with Gasteiger partial charge in [0.1, 0.15) is 5.03 Å². The van der Waals surface area contributed by atoms with Crippen molar-refractivity contribution in [2.45, 2.75) is 18.9 Å². The lowest BCUT2D eigenvalue weighted by Gasteiger charge is -2.10. The van der Waals surface area contributed by atoms with Crippen molar-refractivity contribution in [1.29, 1.82) is 0 Å². The van der Waals surface area contributed by atoms with E-state index in [9.17, 15) is 0 Å². The van der Waals surface area contributed by atoms with Crippen molar-refractivity contribution in [3.05, 3.63) is 35.4 Å². The van der Waals surface area contributed by atoms with E-state index in [0.29, 0.717) is 5.95 Å². The van der Waals surface area contributed by atoms with Gasteiger partial charge in [-0.25, -0.2) is 9.97 Å². The minimum absolute atomic E-state index is 0.328. The molecule has 0 aliphatic rings. The van der Waals surface area contributed by atoms with Crippen LogP contribution in [0.3, 0.4) is 0 Å². The molecular weight excluding hydrogens is 230 g/mol. The minimum Gasteiger partial charge on any atom is -0.368 e. The van der Waals surface area contributed by atoms with Crippen LogP contribution in [-0.2, 0) is 0 Å². The SMILES string of the molecule is CSc1cc(-c2c(C)cccc2C)nc(N)n1. The van der Waals surface area contributed by atoms with Gasteiger partial charge in [0.05, 0.1) is 5.69 Å². The Morgan fingerprint density at radius 3 is 2.35 bits per heavy atom. The van der Waals surface area contributed by atoms with Crippen LogP contribution in [0.25, 0.3) is 11.3 Å². The smallest absolute Gasteiger partial charge is 0.221 e. The molecular formula is C13H15N3S. The minimum atomic E-state index is 0.328. The number of rotatable bonds is 2. The maximum Gasteiger partial charge on any atom is 0.221 e. The standard InChI is InChI=1S/C13H15N3S/c1-8-5-4-6-9(2)12(8)10-7-11(17-3)16-13(14)15-10/h4-7H,1-3H3,(H2,14,15,16). The second kappa shape index (κ2) is 4.75. The van der Waals surface area contributed by atoms with Crippen LogP contribution in [0.5, 0.6) is 0 Å². The third-order valence-electron chi connectivity index (χ3n) is 2.67. The molecule has 0 saturated carbocycles. The summed E-state index contributed by atoms with van der Waals surface area (Å²) in [5.74, 6) is 0.328. The summed E-state index contributed by atoms with van der Waals surface area (Å²) >= 11 is 1.57. The molecule has 0 amide bonds. The second-order valence-electron chi connectivity index (χ2n) is 3.92. The maximum absolute atomic E-state index is 5.74. The average Bonchev–Trinajstić information content (AvgIpc) is 2.28. The molecule has 0 spiro atoms. The highest BCUT2D eigenvalue weighted by Gasteiger charge is 2.09. The van der Waals surface area contributed by atoms with Crippen LogP contribution in [0.1, 0.15) is 11.1 Å². The fourth-order valence-electron chi connectivity index (χ4n) is 1.89. The first kappa shape index (κ1) is 11.9. The third kappa shape index (κ3) is 2.42. The summed E-state index contributed by atoms with van der Waals surface area (Å²) in [5, 5.41) is 0.898. The van der Waals surface area contributed by atoms with Gasteiger partial charge in [0, 0.05) is 5.56 Å². The van der Waals surface area contributed by atoms with E-state index in [2.05, 4.69) is 35.9 Å². The lowest BCUT2D eigenvalue weighted by atomic mass is 10.00. The quantitative estimate of drug-likeness (QED) is 0.652. The highest BCUT2D eigenvalue weighted by molar-refractivity contribution is 7.98. The predicted octanol–water partition coefficient (Wildman–Crippen LogP) is 3.06. The van der Waals surface area contributed by atoms with E-state index in [4.69, 9.17) is 5.73 Å². The van der Waals surface area contributed by atoms with Crippen molar-refractivity contribution in [3.8, 4) is 11.3 Å². The Morgan fingerprint density at radius 2 is 1.76 bits per heavy atom. The van der Waals surface area contributed by atoms with Gasteiger partial charge in [0.15, 0.2) is 0 Å². The summed E-state index contributed by atoms with van der Waals surface area (Å²) < 4.78 is 0. The van der Waals surface area contributed by atoms with Gasteiger partial charge in [-0.05, 0) is 37.3 Å². The largest absolute Gasteiger partial charge is 0.368 e. The number of nitrogen functional groups attached to an aromatic ring is 1. The Morgan fingerprint density at radius 1 is 1.12 bits per heavy atom. The van der Waals surface area contributed by atoms with Gasteiger partial charge in [-0.3, -0.25) is 0 Å². The van der Waals surface area contributed by atoms with E-state index in [-0.39, 0.29) is 0 Å². The third-order valence-corrected chi connectivity index (χ3v) is 3.29. The average molecular weight is 245 g/mol. The van der Waals surface area contributed by atoms with E-state index in [0.717, 1.165) is 16.3 Å². The first-order chi connectivity index (χ1) is 8.11. The first-order valence-electron chi connectivity index (χ1n) is 5.37. The van der Waals surface area contributed by atoms with E-state index in [1.807, 2.05) is 18.4 Å². The second-order valence-corrected chi connectivity index (χ2v) is 4.75. The topological polar surface area (TPSA) is 51.8 Å². The van der Waals surface area contributed by atoms with Gasteiger partial charge in [0.2, 0.25) is 5.95 Å². The zero-order chi connectivity index (χ0) is 12.4. The fraction of sp³-hybridized carbons (Fsp3) is 0.231. The molecule has 4 heteroatoms. The van der Waals surface area contributed by atoms with Gasteiger partial charge in [-0.1, -0.05) is 18.2 Å². The maximum atomic E-state index is 5.74. The number of aromatic nitrogens is 2. The summed E-state index contributed by atoms with van der Waals surface area (Å²) in [6.45, 7) is 4.17. The van der Waals surface area contributed by atoms with Gasteiger partial charge in [0.25, 0.3) is 0 Å². The molecule has 2 N–H and O–H groups in total. The van der Waals surface area contributed by atoms with E-state index < -0.39 is 0 Å². The number of hydrogen-bond donors (Lipinski definition) is 1. The van der Waals surface area contributed by atoms with Crippen molar-refractivity contribution in [1.82, 2.24) is 9.97 Å². The predicted molar refractivity (Wildman–Crippen MR) is 73.1 cm³/mol. The number of anilines is 1. The molecule has 0 aliphatic carbocycles. The number of benzene rings is 1. The van der Waals surface area contributed by atoms with Crippen LogP contribution < -0.4 is 5.73 Å². The molecule has 1 aromatic heterocycles. The molecule has 17 heavy (non-hydrogen) atoms. The van der Waals surface area contributed by atoms with E-state index >= 15 is 0 Å². The highest BCUT2D eigenvalue weighted by atomic mass is 32.2. The van der Waals surface area contributed by atoms with E-state index in [1.165, 1.54) is 11.1 Å². The van der Waals surface area contributed by atoms with Crippen molar-refractivity contribution in [2.75, 3.05) is 12.0 Å². The van der Waals surface area contributed by atoms with Crippen LogP contribution in [0, 0.1) is 13.8 Å². The molecule has 0 aliphatic heterocycles. The highest BCUT2D eigenvalue weighted by Crippen LogP contribution is 2.28. The lowest BCUT2D eigenvalue weighted by molar-refractivity contribution is 1.07. The zero-order valence-corrected chi connectivity index (χ0v) is 11.0. The van der Waals surface area contributed by atoms with Crippen LogP contribution in [-0.4, -0.2) is 16.2 Å². The van der Waals surface area contributed by atoms with Crippen molar-refractivity contribution in [3.63, 3.8) is 0 Å². The Hall–Kier alpha value is -1.55. The lowest BCUT2D eigenvalue weighted by Crippen LogP contribution is -1.99. The molecule has 88 valence electrons. The van der Waals surface area contributed by atoms with Crippen molar-refractivity contribution >= 4 is 17.7 Å². The van der Waals surface area contributed by atoms with Gasteiger partial charge in [-0.15, -0.1) is 11.8 Å². The van der Waals surface area contributed by atoms with Crippen LogP contribution in [0.2, 0.25) is 0 Å². The Labute approximate surface area is 105 Å². The van der Waals surface area contributed by atoms with Crippen LogP contribution in [0.4, 0.5) is 5.95 Å². The monoisotopic (exact) mass is 245 g/mol. The molecule has 0 saturated heterocycles. The Kier molecular flexibility index (Phi) is 3.33. The molecule has 3 nitrogen and oxygen atoms in total. The molecule has 2 rings (SSSR count). The van der Waals surface area contributed by atoms with Gasteiger partial charge < -0.3 is 5.73 Å². The fourth-order valence-corrected chi connectivity index (χ4v) is 2.31. The van der Waals surface area contributed by atoms with Crippen LogP contribution >= 0.6 is 11.8 Å². The number of thioether (sulfide) groups is 1. The van der Waals surface area contributed by atoms with Gasteiger partial charge >= 0.3 is 0 Å². The molecule has 0 atom stereocenters. The summed E-state index contributed by atoms with van der Waals surface area (Å²) in [5.41, 5.74) is 10.2. The van der Waals surface area contributed by atoms with Crippen molar-refractivity contribution < 1.29 is 0 Å². The number of nitrogens with zero attached hydrogens (tertiary/aromatic N) is 2. The van der Waals surface area contributed by atoms with Crippen molar-refractivity contribution in [2.24, 2.45) is 0 Å². The molecule has 0 bridgehead atoms. The summed E-state index contributed by atoms with van der Waals surface area (Å²) in [6, 6.07) is 8.20. The Bertz CT molecular complexity index is 532.